The standard InChI is InChI=1S/C10H11Cl3O/c1-7(9(14)10(11,12)13)8-5-3-2-4-6-8/h2-7,9,14H,1H3. The fraction of sp³-hybridized carbons (Fsp3) is 0.400. The summed E-state index contributed by atoms with van der Waals surface area (Å²) >= 11 is 16.8. The first-order valence-electron chi connectivity index (χ1n) is 4.22. The molecule has 0 spiro atoms. The van der Waals surface area contributed by atoms with E-state index in [4.69, 9.17) is 34.8 Å². The van der Waals surface area contributed by atoms with E-state index >= 15 is 0 Å². The van der Waals surface area contributed by atoms with Crippen molar-refractivity contribution in [2.24, 2.45) is 0 Å². The molecule has 0 saturated carbocycles. The third-order valence-corrected chi connectivity index (χ3v) is 2.81. The smallest absolute Gasteiger partial charge is 0.216 e. The minimum Gasteiger partial charge on any atom is -0.388 e. The summed E-state index contributed by atoms with van der Waals surface area (Å²) in [6, 6.07) is 9.46. The molecule has 14 heavy (non-hydrogen) atoms. The lowest BCUT2D eigenvalue weighted by Gasteiger charge is -2.25. The summed E-state index contributed by atoms with van der Waals surface area (Å²) in [6.07, 6.45) is -1.00. The van der Waals surface area contributed by atoms with Crippen molar-refractivity contribution >= 4 is 34.8 Å². The molecule has 0 amide bonds. The summed E-state index contributed by atoms with van der Waals surface area (Å²) in [5, 5.41) is 9.71. The maximum atomic E-state index is 9.71. The Morgan fingerprint density at radius 3 is 2.07 bits per heavy atom. The molecular weight excluding hydrogens is 242 g/mol. The fourth-order valence-corrected chi connectivity index (χ4v) is 1.79. The summed E-state index contributed by atoms with van der Waals surface area (Å²) in [6.45, 7) is 1.82. The van der Waals surface area contributed by atoms with Gasteiger partial charge in [0.15, 0.2) is 0 Å². The highest BCUT2D eigenvalue weighted by Crippen LogP contribution is 2.37. The summed E-state index contributed by atoms with van der Waals surface area (Å²) in [4.78, 5) is 0. The Hall–Kier alpha value is 0.0500. The summed E-state index contributed by atoms with van der Waals surface area (Å²) < 4.78 is -1.64. The SMILES string of the molecule is CC(c1ccccc1)C(O)C(Cl)(Cl)Cl. The predicted molar refractivity (Wildman–Crippen MR) is 61.2 cm³/mol. The van der Waals surface area contributed by atoms with Crippen LogP contribution in [0.25, 0.3) is 0 Å². The van der Waals surface area contributed by atoms with Crippen LogP contribution in [0.4, 0.5) is 0 Å². The van der Waals surface area contributed by atoms with Crippen molar-refractivity contribution in [2.75, 3.05) is 0 Å². The van der Waals surface area contributed by atoms with Gasteiger partial charge >= 0.3 is 0 Å². The third-order valence-electron chi connectivity index (χ3n) is 2.13. The van der Waals surface area contributed by atoms with E-state index in [9.17, 15) is 5.11 Å². The molecule has 0 aromatic heterocycles. The molecule has 0 radical (unpaired) electrons. The van der Waals surface area contributed by atoms with E-state index in [2.05, 4.69) is 0 Å². The van der Waals surface area contributed by atoms with Crippen molar-refractivity contribution in [1.82, 2.24) is 0 Å². The second-order valence-corrected chi connectivity index (χ2v) is 5.55. The third kappa shape index (κ3) is 3.03. The van der Waals surface area contributed by atoms with Gasteiger partial charge in [-0.15, -0.1) is 0 Å². The van der Waals surface area contributed by atoms with Crippen molar-refractivity contribution in [3.8, 4) is 0 Å². The molecule has 1 aromatic rings. The average Bonchev–Trinajstić information content (AvgIpc) is 2.15. The zero-order valence-corrected chi connectivity index (χ0v) is 9.89. The second-order valence-electron chi connectivity index (χ2n) is 3.19. The lowest BCUT2D eigenvalue weighted by Crippen LogP contribution is -2.30. The molecule has 0 heterocycles. The van der Waals surface area contributed by atoms with Gasteiger partial charge in [-0.3, -0.25) is 0 Å². The maximum absolute atomic E-state index is 9.71. The number of aliphatic hydroxyl groups excluding tert-OH is 1. The quantitative estimate of drug-likeness (QED) is 0.800. The van der Waals surface area contributed by atoms with E-state index in [0.29, 0.717) is 0 Å². The molecule has 2 atom stereocenters. The van der Waals surface area contributed by atoms with E-state index in [1.807, 2.05) is 37.3 Å². The van der Waals surface area contributed by atoms with Gasteiger partial charge in [-0.25, -0.2) is 0 Å². The van der Waals surface area contributed by atoms with Gasteiger partial charge in [0.1, 0.15) is 6.10 Å². The van der Waals surface area contributed by atoms with Crippen LogP contribution in [0.15, 0.2) is 30.3 Å². The molecule has 4 heteroatoms. The van der Waals surface area contributed by atoms with Crippen LogP contribution < -0.4 is 0 Å². The topological polar surface area (TPSA) is 20.2 Å². The molecule has 1 rings (SSSR count). The fourth-order valence-electron chi connectivity index (χ4n) is 1.22. The van der Waals surface area contributed by atoms with Crippen LogP contribution in [0.5, 0.6) is 0 Å². The number of rotatable bonds is 2. The van der Waals surface area contributed by atoms with Crippen LogP contribution in [0, 0.1) is 0 Å². The molecule has 0 fully saturated rings. The highest BCUT2D eigenvalue weighted by molar-refractivity contribution is 6.68. The lowest BCUT2D eigenvalue weighted by atomic mass is 9.96. The van der Waals surface area contributed by atoms with Crippen molar-refractivity contribution in [2.45, 2.75) is 22.7 Å². The summed E-state index contributed by atoms with van der Waals surface area (Å²) in [7, 11) is 0. The van der Waals surface area contributed by atoms with Crippen LogP contribution in [0.1, 0.15) is 18.4 Å². The van der Waals surface area contributed by atoms with Crippen molar-refractivity contribution in [3.05, 3.63) is 35.9 Å². The van der Waals surface area contributed by atoms with Gasteiger partial charge in [-0.2, -0.15) is 0 Å². The molecular formula is C10H11Cl3O. The largest absolute Gasteiger partial charge is 0.388 e. The molecule has 1 aromatic carbocycles. The van der Waals surface area contributed by atoms with Crippen LogP contribution in [0.3, 0.4) is 0 Å². The Balaban J connectivity index is 2.81. The lowest BCUT2D eigenvalue weighted by molar-refractivity contribution is 0.153. The van der Waals surface area contributed by atoms with E-state index in [1.165, 1.54) is 0 Å². The van der Waals surface area contributed by atoms with Crippen LogP contribution in [-0.2, 0) is 0 Å². The van der Waals surface area contributed by atoms with Gasteiger partial charge in [-0.05, 0) is 5.56 Å². The number of halogens is 3. The molecule has 1 N–H and O–H groups in total. The molecule has 1 nitrogen and oxygen atoms in total. The molecule has 2 unspecified atom stereocenters. The van der Waals surface area contributed by atoms with Gasteiger partial charge in [0, 0.05) is 5.92 Å². The average molecular weight is 254 g/mol. The first-order chi connectivity index (χ1) is 6.43. The molecule has 0 aliphatic rings. The van der Waals surface area contributed by atoms with E-state index < -0.39 is 9.90 Å². The van der Waals surface area contributed by atoms with Crippen molar-refractivity contribution < 1.29 is 5.11 Å². The van der Waals surface area contributed by atoms with E-state index in [1.54, 1.807) is 0 Å². The van der Waals surface area contributed by atoms with Crippen LogP contribution in [0.2, 0.25) is 0 Å². The summed E-state index contributed by atoms with van der Waals surface area (Å²) in [5.41, 5.74) is 0.950. The van der Waals surface area contributed by atoms with Gasteiger partial charge in [-0.1, -0.05) is 72.1 Å². The first kappa shape index (κ1) is 12.1. The van der Waals surface area contributed by atoms with Crippen LogP contribution in [-0.4, -0.2) is 15.0 Å². The highest BCUT2D eigenvalue weighted by atomic mass is 35.6. The zero-order chi connectivity index (χ0) is 10.8. The molecule has 0 aliphatic heterocycles. The number of hydrogen-bond donors (Lipinski definition) is 1. The highest BCUT2D eigenvalue weighted by Gasteiger charge is 2.35. The monoisotopic (exact) mass is 252 g/mol. The zero-order valence-electron chi connectivity index (χ0n) is 7.62. The number of alkyl halides is 3. The van der Waals surface area contributed by atoms with E-state index in [-0.39, 0.29) is 5.92 Å². The predicted octanol–water partition coefficient (Wildman–Crippen LogP) is 3.52. The van der Waals surface area contributed by atoms with Gasteiger partial charge in [0.05, 0.1) is 0 Å². The number of aliphatic hydroxyl groups is 1. The summed E-state index contributed by atoms with van der Waals surface area (Å²) in [5.74, 6) is -0.205. The molecule has 0 saturated heterocycles. The van der Waals surface area contributed by atoms with Crippen molar-refractivity contribution in [3.63, 3.8) is 0 Å². The Kier molecular flexibility index (Phi) is 4.08. The normalized spacial score (nSPS) is 16.4. The Morgan fingerprint density at radius 2 is 1.64 bits per heavy atom. The Labute approximate surface area is 98.6 Å². The molecule has 78 valence electrons. The van der Waals surface area contributed by atoms with Gasteiger partial charge < -0.3 is 5.11 Å². The Morgan fingerprint density at radius 1 is 1.14 bits per heavy atom. The minimum atomic E-state index is -1.64. The minimum absolute atomic E-state index is 0.205. The number of benzene rings is 1. The molecule has 0 bridgehead atoms. The molecule has 0 aliphatic carbocycles. The Bertz CT molecular complexity index is 281. The van der Waals surface area contributed by atoms with Gasteiger partial charge in [0.2, 0.25) is 3.79 Å². The van der Waals surface area contributed by atoms with Crippen molar-refractivity contribution in [1.29, 1.82) is 0 Å². The first-order valence-corrected chi connectivity index (χ1v) is 5.36. The number of hydrogen-bond acceptors (Lipinski definition) is 1. The van der Waals surface area contributed by atoms with Crippen LogP contribution >= 0.6 is 34.8 Å². The maximum Gasteiger partial charge on any atom is 0.216 e. The van der Waals surface area contributed by atoms with Gasteiger partial charge in [0.25, 0.3) is 0 Å². The van der Waals surface area contributed by atoms with E-state index in [0.717, 1.165) is 5.56 Å². The second kappa shape index (κ2) is 4.71.